The minimum atomic E-state index is 0.927. The third kappa shape index (κ3) is 2.25. The molecule has 0 unspecified atom stereocenters. The fourth-order valence-electron chi connectivity index (χ4n) is 3.50. The number of hydrogen-bond acceptors (Lipinski definition) is 3. The third-order valence-corrected chi connectivity index (χ3v) is 5.66. The van der Waals surface area contributed by atoms with Crippen LogP contribution in [0.5, 0.6) is 0 Å². The number of fused-ring (bicyclic) bond motifs is 3. The topological polar surface area (TPSA) is 30.7 Å². The summed E-state index contributed by atoms with van der Waals surface area (Å²) < 4.78 is 2.03. The van der Waals surface area contributed by atoms with Crippen molar-refractivity contribution in [2.75, 3.05) is 0 Å². The normalized spacial score (nSPS) is 12.2. The van der Waals surface area contributed by atoms with Crippen molar-refractivity contribution in [3.8, 4) is 27.6 Å². The molecule has 2 aromatic heterocycles. The molecule has 0 amide bonds. The lowest BCUT2D eigenvalue weighted by atomic mass is 10.1. The molecule has 0 N–H and O–H groups in total. The van der Waals surface area contributed by atoms with E-state index in [-0.39, 0.29) is 0 Å². The first-order valence-corrected chi connectivity index (χ1v) is 9.28. The molecule has 25 heavy (non-hydrogen) atoms. The molecule has 2 heterocycles. The standard InChI is InChI=1S/C21H17N3S/c1-13-7-9-15(10-8-13)19-12-25-21(22-19)24-20-17-6-4-3-5-16(17)11-18(20)14(2)23-24/h3-10,12H,11H2,1-2H3. The summed E-state index contributed by atoms with van der Waals surface area (Å²) in [6, 6.07) is 17.1. The van der Waals surface area contributed by atoms with Gasteiger partial charge in [-0.05, 0) is 19.4 Å². The van der Waals surface area contributed by atoms with E-state index < -0.39 is 0 Å². The Bertz CT molecular complexity index is 1090. The van der Waals surface area contributed by atoms with Crippen LogP contribution in [0.15, 0.2) is 53.9 Å². The first kappa shape index (κ1) is 14.6. The van der Waals surface area contributed by atoms with E-state index in [9.17, 15) is 0 Å². The smallest absolute Gasteiger partial charge is 0.211 e. The van der Waals surface area contributed by atoms with Crippen molar-refractivity contribution in [3.05, 3.63) is 76.3 Å². The molecule has 0 bridgehead atoms. The van der Waals surface area contributed by atoms with E-state index in [1.165, 1.54) is 27.9 Å². The predicted octanol–water partition coefficient (Wildman–Crippen LogP) is 5.18. The summed E-state index contributed by atoms with van der Waals surface area (Å²) in [4.78, 5) is 4.86. The SMILES string of the molecule is Cc1ccc(-c2csc(-n3nc(C)c4c3-c3ccccc3C4)n2)cc1. The summed E-state index contributed by atoms with van der Waals surface area (Å²) in [5, 5.41) is 7.83. The molecule has 0 spiro atoms. The van der Waals surface area contributed by atoms with E-state index in [4.69, 9.17) is 10.1 Å². The van der Waals surface area contributed by atoms with E-state index in [1.54, 1.807) is 11.3 Å². The summed E-state index contributed by atoms with van der Waals surface area (Å²) in [6.07, 6.45) is 0.966. The lowest BCUT2D eigenvalue weighted by molar-refractivity contribution is 0.859. The van der Waals surface area contributed by atoms with Crippen LogP contribution in [0.1, 0.15) is 22.4 Å². The van der Waals surface area contributed by atoms with Gasteiger partial charge in [-0.1, -0.05) is 54.1 Å². The van der Waals surface area contributed by atoms with Gasteiger partial charge in [0.25, 0.3) is 0 Å². The largest absolute Gasteiger partial charge is 0.218 e. The molecule has 0 saturated carbocycles. The zero-order valence-electron chi connectivity index (χ0n) is 14.2. The summed E-state index contributed by atoms with van der Waals surface area (Å²) in [5.41, 5.74) is 9.70. The molecule has 4 aromatic rings. The van der Waals surface area contributed by atoms with Crippen molar-refractivity contribution >= 4 is 11.3 Å². The van der Waals surface area contributed by atoms with Crippen molar-refractivity contribution in [1.29, 1.82) is 0 Å². The van der Waals surface area contributed by atoms with Crippen molar-refractivity contribution in [2.45, 2.75) is 20.3 Å². The summed E-state index contributed by atoms with van der Waals surface area (Å²) in [6.45, 7) is 4.19. The number of thiazole rings is 1. The lowest BCUT2D eigenvalue weighted by Crippen LogP contribution is -1.99. The molecule has 4 heteroatoms. The highest BCUT2D eigenvalue weighted by Crippen LogP contribution is 2.40. The Morgan fingerprint density at radius 1 is 1.00 bits per heavy atom. The molecule has 0 radical (unpaired) electrons. The Morgan fingerprint density at radius 2 is 1.80 bits per heavy atom. The minimum Gasteiger partial charge on any atom is -0.218 e. The number of aromatic nitrogens is 3. The van der Waals surface area contributed by atoms with Crippen LogP contribution in [-0.2, 0) is 6.42 Å². The van der Waals surface area contributed by atoms with Gasteiger partial charge in [-0.3, -0.25) is 0 Å². The van der Waals surface area contributed by atoms with Crippen LogP contribution >= 0.6 is 11.3 Å². The van der Waals surface area contributed by atoms with E-state index in [1.807, 2.05) is 4.68 Å². The van der Waals surface area contributed by atoms with Crippen LogP contribution in [-0.4, -0.2) is 14.8 Å². The van der Waals surface area contributed by atoms with Gasteiger partial charge in [-0.15, -0.1) is 11.3 Å². The van der Waals surface area contributed by atoms with Crippen molar-refractivity contribution in [2.24, 2.45) is 0 Å². The number of aryl methyl sites for hydroxylation is 2. The van der Waals surface area contributed by atoms with E-state index in [0.29, 0.717) is 0 Å². The molecule has 122 valence electrons. The minimum absolute atomic E-state index is 0.927. The highest BCUT2D eigenvalue weighted by Gasteiger charge is 2.27. The fraction of sp³-hybridized carbons (Fsp3) is 0.143. The van der Waals surface area contributed by atoms with Crippen molar-refractivity contribution < 1.29 is 0 Å². The van der Waals surface area contributed by atoms with Gasteiger partial charge in [-0.2, -0.15) is 5.10 Å². The van der Waals surface area contributed by atoms with E-state index >= 15 is 0 Å². The van der Waals surface area contributed by atoms with E-state index in [2.05, 4.69) is 67.8 Å². The monoisotopic (exact) mass is 343 g/mol. The van der Waals surface area contributed by atoms with Gasteiger partial charge in [0.1, 0.15) is 0 Å². The Kier molecular flexibility index (Phi) is 3.15. The predicted molar refractivity (Wildman–Crippen MR) is 102 cm³/mol. The Morgan fingerprint density at radius 3 is 2.64 bits per heavy atom. The first-order chi connectivity index (χ1) is 12.2. The molecule has 1 aliphatic rings. The van der Waals surface area contributed by atoms with Gasteiger partial charge in [0, 0.05) is 28.5 Å². The maximum Gasteiger partial charge on any atom is 0.211 e. The van der Waals surface area contributed by atoms with Crippen molar-refractivity contribution in [3.63, 3.8) is 0 Å². The average Bonchev–Trinajstić information content (AvgIpc) is 3.31. The van der Waals surface area contributed by atoms with Crippen molar-refractivity contribution in [1.82, 2.24) is 14.8 Å². The maximum atomic E-state index is 4.86. The highest BCUT2D eigenvalue weighted by molar-refractivity contribution is 7.12. The van der Waals surface area contributed by atoms with Crippen LogP contribution in [0.4, 0.5) is 0 Å². The molecule has 0 fully saturated rings. The van der Waals surface area contributed by atoms with Gasteiger partial charge in [0.05, 0.1) is 17.1 Å². The quantitative estimate of drug-likeness (QED) is 0.442. The van der Waals surface area contributed by atoms with Crippen LogP contribution < -0.4 is 0 Å². The molecule has 5 rings (SSSR count). The van der Waals surface area contributed by atoms with Crippen LogP contribution in [0.25, 0.3) is 27.6 Å². The molecular formula is C21H17N3S. The summed E-state index contributed by atoms with van der Waals surface area (Å²) in [7, 11) is 0. The highest BCUT2D eigenvalue weighted by atomic mass is 32.1. The number of nitrogens with zero attached hydrogens (tertiary/aromatic N) is 3. The summed E-state index contributed by atoms with van der Waals surface area (Å²) in [5.74, 6) is 0. The van der Waals surface area contributed by atoms with Crippen LogP contribution in [0.2, 0.25) is 0 Å². The molecule has 2 aromatic carbocycles. The van der Waals surface area contributed by atoms with Gasteiger partial charge < -0.3 is 0 Å². The summed E-state index contributed by atoms with van der Waals surface area (Å²) >= 11 is 1.65. The van der Waals surface area contributed by atoms with Gasteiger partial charge in [-0.25, -0.2) is 9.67 Å². The Balaban J connectivity index is 1.63. The average molecular weight is 343 g/mol. The van der Waals surface area contributed by atoms with Gasteiger partial charge in [0.15, 0.2) is 0 Å². The molecule has 1 aliphatic carbocycles. The maximum absolute atomic E-state index is 4.86. The fourth-order valence-corrected chi connectivity index (χ4v) is 4.29. The lowest BCUT2D eigenvalue weighted by Gasteiger charge is -2.04. The number of hydrogen-bond donors (Lipinski definition) is 0. The molecular weight excluding hydrogens is 326 g/mol. The molecule has 0 aliphatic heterocycles. The van der Waals surface area contributed by atoms with Crippen LogP contribution in [0.3, 0.4) is 0 Å². The zero-order valence-corrected chi connectivity index (χ0v) is 15.0. The second kappa shape index (κ2) is 5.39. The number of benzene rings is 2. The second-order valence-electron chi connectivity index (χ2n) is 6.54. The third-order valence-electron chi connectivity index (χ3n) is 4.84. The molecule has 3 nitrogen and oxygen atoms in total. The molecule has 0 atom stereocenters. The Hall–Kier alpha value is -2.72. The number of rotatable bonds is 2. The van der Waals surface area contributed by atoms with Gasteiger partial charge in [0.2, 0.25) is 5.13 Å². The van der Waals surface area contributed by atoms with Gasteiger partial charge >= 0.3 is 0 Å². The molecule has 0 saturated heterocycles. The van der Waals surface area contributed by atoms with Crippen LogP contribution in [0, 0.1) is 13.8 Å². The second-order valence-corrected chi connectivity index (χ2v) is 7.38. The van der Waals surface area contributed by atoms with E-state index in [0.717, 1.165) is 28.5 Å². The Labute approximate surface area is 150 Å². The zero-order chi connectivity index (χ0) is 17.0. The first-order valence-electron chi connectivity index (χ1n) is 8.40.